The molecular weight excluding hydrogens is 601 g/mol. The van der Waals surface area contributed by atoms with E-state index in [9.17, 15) is 21.6 Å². The number of benzene rings is 3. The first-order valence-corrected chi connectivity index (χ1v) is 14.5. The molecule has 0 saturated carbocycles. The van der Waals surface area contributed by atoms with Crippen molar-refractivity contribution in [3.63, 3.8) is 0 Å². The molecule has 0 aliphatic heterocycles. The molecule has 0 radical (unpaired) electrons. The van der Waals surface area contributed by atoms with Crippen LogP contribution in [-0.4, -0.2) is 33.6 Å². The highest BCUT2D eigenvalue weighted by Crippen LogP contribution is 2.25. The van der Waals surface area contributed by atoms with Gasteiger partial charge in [-0.1, -0.05) is 57.3 Å². The number of hydrogen-bond acceptors (Lipinski definition) is 5. The second-order valence-electron chi connectivity index (χ2n) is 7.44. The maximum Gasteiger partial charge on any atom is 0.243 e. The Morgan fingerprint density at radius 1 is 0.857 bits per heavy atom. The van der Waals surface area contributed by atoms with Crippen molar-refractivity contribution in [3.8, 4) is 0 Å². The summed E-state index contributed by atoms with van der Waals surface area (Å²) in [6.45, 7) is -0.525. The lowest BCUT2D eigenvalue weighted by Crippen LogP contribution is -2.40. The third-order valence-electron chi connectivity index (χ3n) is 4.86. The predicted octanol–water partition coefficient (Wildman–Crippen LogP) is 3.91. The van der Waals surface area contributed by atoms with Gasteiger partial charge in [-0.2, -0.15) is 4.31 Å². The minimum absolute atomic E-state index is 0.0205. The maximum atomic E-state index is 13.3. The molecule has 1 amide bonds. The smallest absolute Gasteiger partial charge is 0.243 e. The highest BCUT2D eigenvalue weighted by molar-refractivity contribution is 9.10. The van der Waals surface area contributed by atoms with E-state index in [1.165, 1.54) is 36.4 Å². The lowest BCUT2D eigenvalue weighted by atomic mass is 10.2. The fraction of sp³-hybridized carbons (Fsp3) is 0.136. The summed E-state index contributed by atoms with van der Waals surface area (Å²) in [5.41, 5.74) is 1.16. The van der Waals surface area contributed by atoms with Gasteiger partial charge in [0.25, 0.3) is 0 Å². The Morgan fingerprint density at radius 2 is 1.43 bits per heavy atom. The van der Waals surface area contributed by atoms with Gasteiger partial charge in [-0.3, -0.25) is 4.79 Å². The van der Waals surface area contributed by atoms with E-state index in [1.54, 1.807) is 30.3 Å². The van der Waals surface area contributed by atoms with Gasteiger partial charge in [0.1, 0.15) is 0 Å². The van der Waals surface area contributed by atoms with Crippen LogP contribution in [0.15, 0.2) is 81.0 Å². The molecule has 13 heteroatoms. The number of nitrogens with zero attached hydrogens (tertiary/aromatic N) is 1. The zero-order chi connectivity index (χ0) is 25.8. The van der Waals surface area contributed by atoms with Gasteiger partial charge in [-0.25, -0.2) is 22.0 Å². The summed E-state index contributed by atoms with van der Waals surface area (Å²) in [6.07, 6.45) is 0. The number of hydrogen-bond donors (Lipinski definition) is 2. The molecule has 8 nitrogen and oxygen atoms in total. The molecule has 0 aliphatic rings. The molecule has 0 unspecified atom stereocenters. The number of carbonyl (C=O) groups excluding carboxylic acids is 1. The summed E-state index contributed by atoms with van der Waals surface area (Å²) in [5, 5.41) is 8.31. The number of primary sulfonamides is 1. The second-order valence-corrected chi connectivity index (χ2v) is 12.7. The van der Waals surface area contributed by atoms with Gasteiger partial charge in [0.05, 0.1) is 26.4 Å². The highest BCUT2D eigenvalue weighted by atomic mass is 79.9. The first-order valence-electron chi connectivity index (χ1n) is 9.94. The summed E-state index contributed by atoms with van der Waals surface area (Å²) >= 11 is 15.3. The standard InChI is InChI=1S/C22H20BrCl2N3O5S2/c23-17-4-8-19(9-5-17)35(32,33)28(13-16-3-10-20(24)21(25)11-16)14-22(29)27-12-15-1-6-18(7-2-15)34(26,30)31/h1-11H,12-14H2,(H,27,29)(H2,26,30,31). The van der Waals surface area contributed by atoms with Crippen LogP contribution in [0.4, 0.5) is 0 Å². The highest BCUT2D eigenvalue weighted by Gasteiger charge is 2.27. The number of carbonyl (C=O) groups is 1. The molecule has 0 spiro atoms. The normalized spacial score (nSPS) is 12.0. The molecule has 3 rings (SSSR count). The van der Waals surface area contributed by atoms with Gasteiger partial charge in [0, 0.05) is 17.6 Å². The molecule has 186 valence electrons. The van der Waals surface area contributed by atoms with Crippen LogP contribution in [0, 0.1) is 0 Å². The molecule has 3 aromatic carbocycles. The van der Waals surface area contributed by atoms with Crippen LogP contribution < -0.4 is 10.5 Å². The Balaban J connectivity index is 1.79. The van der Waals surface area contributed by atoms with Crippen molar-refractivity contribution in [1.29, 1.82) is 0 Å². The topological polar surface area (TPSA) is 127 Å². The van der Waals surface area contributed by atoms with Crippen molar-refractivity contribution in [2.24, 2.45) is 5.14 Å². The first kappa shape index (κ1) is 27.6. The Labute approximate surface area is 222 Å². The fourth-order valence-corrected chi connectivity index (χ4v) is 5.52. The summed E-state index contributed by atoms with van der Waals surface area (Å²) in [4.78, 5) is 12.7. The monoisotopic (exact) mass is 619 g/mol. The quantitative estimate of drug-likeness (QED) is 0.375. The van der Waals surface area contributed by atoms with Crippen LogP contribution >= 0.6 is 39.1 Å². The van der Waals surface area contributed by atoms with Crippen LogP contribution in [0.3, 0.4) is 0 Å². The largest absolute Gasteiger partial charge is 0.351 e. The summed E-state index contributed by atoms with van der Waals surface area (Å²) in [5.74, 6) is -0.554. The van der Waals surface area contributed by atoms with Crippen LogP contribution in [-0.2, 0) is 37.9 Å². The van der Waals surface area contributed by atoms with Crippen molar-refractivity contribution in [2.45, 2.75) is 22.9 Å². The number of rotatable bonds is 9. The van der Waals surface area contributed by atoms with Crippen LogP contribution in [0.1, 0.15) is 11.1 Å². The fourth-order valence-electron chi connectivity index (χ4n) is 3.04. The SMILES string of the molecule is NS(=O)(=O)c1ccc(CNC(=O)CN(Cc2ccc(Cl)c(Cl)c2)S(=O)(=O)c2ccc(Br)cc2)cc1. The van der Waals surface area contributed by atoms with Crippen molar-refractivity contribution in [3.05, 3.63) is 92.4 Å². The van der Waals surface area contributed by atoms with Crippen LogP contribution in [0.25, 0.3) is 0 Å². The Bertz CT molecular complexity index is 1430. The minimum atomic E-state index is -4.04. The lowest BCUT2D eigenvalue weighted by molar-refractivity contribution is -0.121. The summed E-state index contributed by atoms with van der Waals surface area (Å²) < 4.78 is 51.2. The van der Waals surface area contributed by atoms with Gasteiger partial charge in [0.2, 0.25) is 26.0 Å². The Hall–Kier alpha value is -1.99. The Kier molecular flexibility index (Phi) is 8.97. The van der Waals surface area contributed by atoms with E-state index in [2.05, 4.69) is 21.2 Å². The number of nitrogens with one attached hydrogen (secondary N) is 1. The predicted molar refractivity (Wildman–Crippen MR) is 138 cm³/mol. The second kappa shape index (κ2) is 11.4. The van der Waals surface area contributed by atoms with E-state index in [4.69, 9.17) is 28.3 Å². The average molecular weight is 621 g/mol. The average Bonchev–Trinajstić information content (AvgIpc) is 2.79. The molecule has 3 aromatic rings. The molecule has 3 N–H and O–H groups in total. The third kappa shape index (κ3) is 7.50. The molecule has 0 aliphatic carbocycles. The van der Waals surface area contributed by atoms with Crippen molar-refractivity contribution < 1.29 is 21.6 Å². The number of amides is 1. The molecule has 0 atom stereocenters. The van der Waals surface area contributed by atoms with E-state index < -0.39 is 32.5 Å². The van der Waals surface area contributed by atoms with E-state index >= 15 is 0 Å². The van der Waals surface area contributed by atoms with Crippen molar-refractivity contribution >= 4 is 65.1 Å². The molecule has 35 heavy (non-hydrogen) atoms. The maximum absolute atomic E-state index is 13.3. The van der Waals surface area contributed by atoms with Gasteiger partial charge in [-0.15, -0.1) is 0 Å². The number of halogens is 3. The van der Waals surface area contributed by atoms with Gasteiger partial charge < -0.3 is 5.32 Å². The third-order valence-corrected chi connectivity index (χ3v) is 8.86. The lowest BCUT2D eigenvalue weighted by Gasteiger charge is -2.22. The summed E-state index contributed by atoms with van der Waals surface area (Å²) in [6, 6.07) is 16.4. The van der Waals surface area contributed by atoms with Crippen molar-refractivity contribution in [2.75, 3.05) is 6.54 Å². The molecule has 0 saturated heterocycles. The zero-order valence-corrected chi connectivity index (χ0v) is 22.7. The van der Waals surface area contributed by atoms with Crippen LogP contribution in [0.2, 0.25) is 10.0 Å². The van der Waals surface area contributed by atoms with Gasteiger partial charge in [0.15, 0.2) is 0 Å². The molecular formula is C22H20BrCl2N3O5S2. The molecule has 0 heterocycles. The summed E-state index contributed by atoms with van der Waals surface area (Å²) in [7, 11) is -7.87. The number of nitrogens with two attached hydrogens (primary N) is 1. The van der Waals surface area contributed by atoms with Gasteiger partial charge >= 0.3 is 0 Å². The van der Waals surface area contributed by atoms with Crippen molar-refractivity contribution in [1.82, 2.24) is 9.62 Å². The molecule has 0 aromatic heterocycles. The molecule has 0 fully saturated rings. The van der Waals surface area contributed by atoms with E-state index in [1.807, 2.05) is 0 Å². The first-order chi connectivity index (χ1) is 16.4. The molecule has 0 bridgehead atoms. The Morgan fingerprint density at radius 3 is 2.00 bits per heavy atom. The van der Waals surface area contributed by atoms with E-state index in [0.29, 0.717) is 20.6 Å². The van der Waals surface area contributed by atoms with E-state index in [0.717, 1.165) is 4.31 Å². The minimum Gasteiger partial charge on any atom is -0.351 e. The number of sulfonamides is 2. The van der Waals surface area contributed by atoms with Crippen LogP contribution in [0.5, 0.6) is 0 Å². The van der Waals surface area contributed by atoms with E-state index in [-0.39, 0.29) is 27.9 Å². The zero-order valence-electron chi connectivity index (χ0n) is 18.0. The van der Waals surface area contributed by atoms with Gasteiger partial charge in [-0.05, 0) is 59.7 Å².